The molecule has 0 aliphatic carbocycles. The molecule has 0 aliphatic heterocycles. The highest BCUT2D eigenvalue weighted by molar-refractivity contribution is 7.08. The molecule has 0 saturated heterocycles. The molecule has 0 saturated carbocycles. The van der Waals surface area contributed by atoms with E-state index in [1.54, 1.807) is 13.0 Å². The van der Waals surface area contributed by atoms with Gasteiger partial charge >= 0.3 is 0 Å². The Kier molecular flexibility index (Phi) is 2.28. The zero-order chi connectivity index (χ0) is 8.27. The van der Waals surface area contributed by atoms with Crippen molar-refractivity contribution >= 4 is 11.5 Å². The minimum absolute atomic E-state index is 0.122. The zero-order valence-electron chi connectivity index (χ0n) is 5.87. The molecule has 0 atom stereocenters. The van der Waals surface area contributed by atoms with E-state index in [0.29, 0.717) is 11.7 Å². The van der Waals surface area contributed by atoms with Crippen LogP contribution in [0.25, 0.3) is 0 Å². The Bertz CT molecular complexity index is 289. The van der Waals surface area contributed by atoms with E-state index in [1.807, 2.05) is 0 Å². The maximum absolute atomic E-state index is 8.95. The van der Waals surface area contributed by atoms with E-state index in [1.165, 1.54) is 0 Å². The van der Waals surface area contributed by atoms with Gasteiger partial charge in [0.05, 0.1) is 6.61 Å². The minimum Gasteiger partial charge on any atom is -0.492 e. The standard InChI is InChI=1S/C6H6N2O2S/c1-2-10-6-4(3-7)5(9)8-11-6/h2H2,1H3,(H,8,9). The van der Waals surface area contributed by atoms with E-state index in [9.17, 15) is 0 Å². The summed E-state index contributed by atoms with van der Waals surface area (Å²) < 4.78 is 8.58. The van der Waals surface area contributed by atoms with Gasteiger partial charge in [0, 0.05) is 11.5 Å². The lowest BCUT2D eigenvalue weighted by molar-refractivity contribution is 0.347. The molecule has 1 N–H and O–H groups in total. The van der Waals surface area contributed by atoms with E-state index < -0.39 is 0 Å². The quantitative estimate of drug-likeness (QED) is 0.722. The van der Waals surface area contributed by atoms with Gasteiger partial charge in [-0.2, -0.15) is 9.64 Å². The zero-order valence-corrected chi connectivity index (χ0v) is 6.68. The van der Waals surface area contributed by atoms with Crippen LogP contribution >= 0.6 is 11.5 Å². The molecule has 5 heteroatoms. The van der Waals surface area contributed by atoms with Gasteiger partial charge in [0.2, 0.25) is 10.9 Å². The summed E-state index contributed by atoms with van der Waals surface area (Å²) in [4.78, 5) is 0. The summed E-state index contributed by atoms with van der Waals surface area (Å²) in [6.45, 7) is 2.27. The van der Waals surface area contributed by atoms with E-state index in [2.05, 4.69) is 4.37 Å². The molecule has 1 rings (SSSR count). The van der Waals surface area contributed by atoms with Gasteiger partial charge in [-0.25, -0.2) is 0 Å². The number of nitriles is 1. The normalized spacial score (nSPS) is 9.09. The first-order chi connectivity index (χ1) is 5.29. The Balaban J connectivity index is 2.98. The monoisotopic (exact) mass is 170 g/mol. The number of nitrogens with zero attached hydrogens (tertiary/aromatic N) is 2. The molecule has 11 heavy (non-hydrogen) atoms. The summed E-state index contributed by atoms with van der Waals surface area (Å²) in [6.07, 6.45) is 0. The molecule has 4 nitrogen and oxygen atoms in total. The Morgan fingerprint density at radius 2 is 2.55 bits per heavy atom. The molecule has 0 amide bonds. The van der Waals surface area contributed by atoms with Crippen LogP contribution < -0.4 is 4.74 Å². The minimum atomic E-state index is -0.249. The van der Waals surface area contributed by atoms with Crippen LogP contribution in [0.3, 0.4) is 0 Å². The summed E-state index contributed by atoms with van der Waals surface area (Å²) in [6, 6.07) is 1.80. The molecule has 1 heterocycles. The number of rotatable bonds is 2. The van der Waals surface area contributed by atoms with Gasteiger partial charge in [0.15, 0.2) is 5.56 Å². The molecular formula is C6H6N2O2S. The van der Waals surface area contributed by atoms with Crippen LogP contribution in [0.15, 0.2) is 0 Å². The topological polar surface area (TPSA) is 66.1 Å². The predicted molar refractivity (Wildman–Crippen MR) is 39.7 cm³/mol. The van der Waals surface area contributed by atoms with Crippen molar-refractivity contribution in [2.75, 3.05) is 6.61 Å². The van der Waals surface area contributed by atoms with Crippen LogP contribution in [0.2, 0.25) is 0 Å². The van der Waals surface area contributed by atoms with E-state index >= 15 is 0 Å². The highest BCUT2D eigenvalue weighted by Crippen LogP contribution is 2.30. The van der Waals surface area contributed by atoms with Crippen molar-refractivity contribution in [2.45, 2.75) is 6.92 Å². The molecule has 1 aromatic rings. The Morgan fingerprint density at radius 1 is 1.82 bits per heavy atom. The second-order valence-corrected chi connectivity index (χ2v) is 2.45. The molecule has 0 fully saturated rings. The predicted octanol–water partition coefficient (Wildman–Crippen LogP) is 1.12. The lowest BCUT2D eigenvalue weighted by atomic mass is 10.4. The fourth-order valence-electron chi connectivity index (χ4n) is 0.593. The number of hydrogen-bond acceptors (Lipinski definition) is 5. The molecule has 0 bridgehead atoms. The molecular weight excluding hydrogens is 164 g/mol. The Labute approximate surface area is 67.8 Å². The smallest absolute Gasteiger partial charge is 0.245 e. The van der Waals surface area contributed by atoms with E-state index in [0.717, 1.165) is 11.5 Å². The van der Waals surface area contributed by atoms with Gasteiger partial charge in [0.1, 0.15) is 6.07 Å². The van der Waals surface area contributed by atoms with E-state index in [4.69, 9.17) is 15.1 Å². The van der Waals surface area contributed by atoms with Crippen molar-refractivity contribution in [3.63, 3.8) is 0 Å². The highest BCUT2D eigenvalue weighted by atomic mass is 32.1. The molecule has 0 aliphatic rings. The summed E-state index contributed by atoms with van der Waals surface area (Å²) in [5.41, 5.74) is 0.122. The number of hydrogen-bond donors (Lipinski definition) is 1. The van der Waals surface area contributed by atoms with Crippen LogP contribution in [0.1, 0.15) is 12.5 Å². The van der Waals surface area contributed by atoms with Gasteiger partial charge in [-0.3, -0.25) is 0 Å². The molecule has 0 unspecified atom stereocenters. The third-order valence-electron chi connectivity index (χ3n) is 1.03. The van der Waals surface area contributed by atoms with Crippen molar-refractivity contribution in [1.29, 1.82) is 5.26 Å². The average Bonchev–Trinajstić information content (AvgIpc) is 2.33. The van der Waals surface area contributed by atoms with Crippen molar-refractivity contribution in [3.8, 4) is 17.0 Å². The lowest BCUT2D eigenvalue weighted by Crippen LogP contribution is -1.89. The number of aromatic hydroxyl groups is 1. The summed E-state index contributed by atoms with van der Waals surface area (Å²) in [7, 11) is 0. The summed E-state index contributed by atoms with van der Waals surface area (Å²) >= 11 is 0.981. The fraction of sp³-hybridized carbons (Fsp3) is 0.333. The Morgan fingerprint density at radius 3 is 3.09 bits per heavy atom. The first-order valence-corrected chi connectivity index (χ1v) is 3.78. The largest absolute Gasteiger partial charge is 0.492 e. The van der Waals surface area contributed by atoms with Crippen LogP contribution in [0.5, 0.6) is 10.9 Å². The Hall–Kier alpha value is -1.28. The summed E-state index contributed by atoms with van der Waals surface area (Å²) in [5.74, 6) is -0.249. The molecule has 0 radical (unpaired) electrons. The molecule has 1 aromatic heterocycles. The third-order valence-corrected chi connectivity index (χ3v) is 1.78. The molecule has 0 aromatic carbocycles. The fourth-order valence-corrected chi connectivity index (χ4v) is 1.25. The SMILES string of the molecule is CCOc1snc(O)c1C#N. The van der Waals surface area contributed by atoms with Crippen molar-refractivity contribution < 1.29 is 9.84 Å². The van der Waals surface area contributed by atoms with E-state index in [-0.39, 0.29) is 11.4 Å². The average molecular weight is 170 g/mol. The maximum Gasteiger partial charge on any atom is 0.245 e. The van der Waals surface area contributed by atoms with Gasteiger partial charge in [-0.15, -0.1) is 0 Å². The first-order valence-electron chi connectivity index (χ1n) is 3.01. The number of aromatic nitrogens is 1. The second-order valence-electron chi connectivity index (χ2n) is 1.71. The first kappa shape index (κ1) is 7.82. The summed E-state index contributed by atoms with van der Waals surface area (Å²) in [5, 5.41) is 17.8. The van der Waals surface area contributed by atoms with Gasteiger partial charge in [-0.1, -0.05) is 0 Å². The lowest BCUT2D eigenvalue weighted by Gasteiger charge is -1.95. The van der Waals surface area contributed by atoms with Crippen LogP contribution in [-0.2, 0) is 0 Å². The maximum atomic E-state index is 8.95. The molecule has 0 spiro atoms. The third kappa shape index (κ3) is 1.41. The number of ether oxygens (including phenoxy) is 1. The van der Waals surface area contributed by atoms with Crippen LogP contribution in [-0.4, -0.2) is 16.1 Å². The van der Waals surface area contributed by atoms with Crippen LogP contribution in [0.4, 0.5) is 0 Å². The highest BCUT2D eigenvalue weighted by Gasteiger charge is 2.12. The van der Waals surface area contributed by atoms with Gasteiger partial charge in [0.25, 0.3) is 0 Å². The van der Waals surface area contributed by atoms with Crippen LogP contribution in [0, 0.1) is 11.3 Å². The second kappa shape index (κ2) is 3.21. The van der Waals surface area contributed by atoms with Crippen molar-refractivity contribution in [2.24, 2.45) is 0 Å². The van der Waals surface area contributed by atoms with Crippen molar-refractivity contribution in [3.05, 3.63) is 5.56 Å². The van der Waals surface area contributed by atoms with Gasteiger partial charge in [-0.05, 0) is 6.92 Å². The van der Waals surface area contributed by atoms with Gasteiger partial charge < -0.3 is 9.84 Å². The van der Waals surface area contributed by atoms with Crippen molar-refractivity contribution in [1.82, 2.24) is 4.37 Å². The molecule has 58 valence electrons.